The fraction of sp³-hybridized carbons (Fsp3) is 0.0667. The minimum absolute atomic E-state index is 0.120. The molecule has 0 spiro atoms. The summed E-state index contributed by atoms with van der Waals surface area (Å²) in [5.74, 6) is 0.742. The third kappa shape index (κ3) is 3.17. The molecule has 0 bridgehead atoms. The molecule has 0 N–H and O–H groups in total. The highest BCUT2D eigenvalue weighted by atomic mass is 19.1. The normalized spacial score (nSPS) is 11.1. The Balaban J connectivity index is 1.58. The lowest BCUT2D eigenvalue weighted by Gasteiger charge is -1.95. The fourth-order valence-corrected chi connectivity index (χ4v) is 1.69. The largest absolute Gasteiger partial charge is 0.461 e. The van der Waals surface area contributed by atoms with Gasteiger partial charge >= 0.3 is 0 Å². The molecule has 2 heterocycles. The van der Waals surface area contributed by atoms with E-state index >= 15 is 0 Å². The number of furan rings is 1. The highest BCUT2D eigenvalue weighted by Crippen LogP contribution is 2.20. The zero-order chi connectivity index (χ0) is 14.5. The molecular formula is C15H11FN2O3. The molecule has 0 amide bonds. The van der Waals surface area contributed by atoms with Crippen molar-refractivity contribution in [1.29, 1.82) is 0 Å². The van der Waals surface area contributed by atoms with Gasteiger partial charge in [-0.15, -0.1) is 0 Å². The fourth-order valence-electron chi connectivity index (χ4n) is 1.69. The minimum Gasteiger partial charge on any atom is -0.461 e. The quantitative estimate of drug-likeness (QED) is 0.531. The van der Waals surface area contributed by atoms with Crippen LogP contribution in [-0.2, 0) is 11.4 Å². The predicted molar refractivity (Wildman–Crippen MR) is 73.0 cm³/mol. The molecule has 2 aromatic heterocycles. The van der Waals surface area contributed by atoms with Gasteiger partial charge < -0.3 is 13.8 Å². The Hall–Kier alpha value is -2.89. The van der Waals surface area contributed by atoms with Gasteiger partial charge in [-0.2, -0.15) is 0 Å². The van der Waals surface area contributed by atoms with Crippen LogP contribution in [0.1, 0.15) is 11.3 Å². The summed E-state index contributed by atoms with van der Waals surface area (Å²) in [5, 5.41) is 7.53. The summed E-state index contributed by atoms with van der Waals surface area (Å²) in [6.07, 6.45) is 2.86. The Labute approximate surface area is 119 Å². The smallest absolute Gasteiger partial charge is 0.202 e. The first kappa shape index (κ1) is 13.1. The third-order valence-electron chi connectivity index (χ3n) is 2.71. The van der Waals surface area contributed by atoms with E-state index in [4.69, 9.17) is 13.8 Å². The monoisotopic (exact) mass is 286 g/mol. The highest BCUT2D eigenvalue weighted by molar-refractivity contribution is 5.79. The SMILES string of the molecule is Fc1ccccc1/C=N\OCc1cc(-c2ccco2)on1. The van der Waals surface area contributed by atoms with Crippen molar-refractivity contribution in [1.82, 2.24) is 5.16 Å². The maximum Gasteiger partial charge on any atom is 0.202 e. The maximum absolute atomic E-state index is 13.3. The van der Waals surface area contributed by atoms with E-state index in [1.165, 1.54) is 12.3 Å². The van der Waals surface area contributed by atoms with Crippen molar-refractivity contribution < 1.29 is 18.2 Å². The van der Waals surface area contributed by atoms with Crippen LogP contribution in [0.3, 0.4) is 0 Å². The first-order valence-electron chi connectivity index (χ1n) is 6.22. The molecular weight excluding hydrogens is 275 g/mol. The Morgan fingerprint density at radius 2 is 2.10 bits per heavy atom. The average Bonchev–Trinajstić information content (AvgIpc) is 3.16. The Morgan fingerprint density at radius 3 is 2.90 bits per heavy atom. The summed E-state index contributed by atoms with van der Waals surface area (Å²) >= 11 is 0. The van der Waals surface area contributed by atoms with E-state index in [9.17, 15) is 4.39 Å². The van der Waals surface area contributed by atoms with E-state index in [1.54, 1.807) is 42.7 Å². The van der Waals surface area contributed by atoms with E-state index in [0.29, 0.717) is 22.8 Å². The molecule has 0 aliphatic heterocycles. The van der Waals surface area contributed by atoms with Crippen LogP contribution in [-0.4, -0.2) is 11.4 Å². The number of oxime groups is 1. The number of halogens is 1. The molecule has 1 aromatic carbocycles. The molecule has 0 aliphatic carbocycles. The van der Waals surface area contributed by atoms with E-state index in [2.05, 4.69) is 10.3 Å². The molecule has 21 heavy (non-hydrogen) atoms. The second-order valence-electron chi connectivity index (χ2n) is 4.19. The minimum atomic E-state index is -0.355. The summed E-state index contributed by atoms with van der Waals surface area (Å²) in [5.41, 5.74) is 0.918. The first-order valence-corrected chi connectivity index (χ1v) is 6.22. The molecule has 106 valence electrons. The van der Waals surface area contributed by atoms with E-state index in [0.717, 1.165) is 0 Å². The van der Waals surface area contributed by atoms with Crippen molar-refractivity contribution in [3.63, 3.8) is 0 Å². The number of hydrogen-bond donors (Lipinski definition) is 0. The van der Waals surface area contributed by atoms with Crippen LogP contribution in [0, 0.1) is 5.82 Å². The zero-order valence-electron chi connectivity index (χ0n) is 10.9. The van der Waals surface area contributed by atoms with E-state index < -0.39 is 0 Å². The van der Waals surface area contributed by atoms with Crippen LogP contribution >= 0.6 is 0 Å². The van der Waals surface area contributed by atoms with Crippen LogP contribution in [0.4, 0.5) is 4.39 Å². The van der Waals surface area contributed by atoms with E-state index in [-0.39, 0.29) is 12.4 Å². The van der Waals surface area contributed by atoms with Crippen molar-refractivity contribution in [2.24, 2.45) is 5.16 Å². The molecule has 0 unspecified atom stereocenters. The van der Waals surface area contributed by atoms with Crippen molar-refractivity contribution in [2.75, 3.05) is 0 Å². The summed E-state index contributed by atoms with van der Waals surface area (Å²) in [6, 6.07) is 11.5. The second-order valence-corrected chi connectivity index (χ2v) is 4.19. The number of nitrogens with zero attached hydrogens (tertiary/aromatic N) is 2. The van der Waals surface area contributed by atoms with Gasteiger partial charge in [0, 0.05) is 11.6 Å². The van der Waals surface area contributed by atoms with Crippen LogP contribution < -0.4 is 0 Å². The topological polar surface area (TPSA) is 60.8 Å². The lowest BCUT2D eigenvalue weighted by molar-refractivity contribution is 0.126. The van der Waals surface area contributed by atoms with Crippen molar-refractivity contribution in [2.45, 2.75) is 6.61 Å². The Morgan fingerprint density at radius 1 is 1.19 bits per heavy atom. The maximum atomic E-state index is 13.3. The van der Waals surface area contributed by atoms with Crippen LogP contribution in [0.5, 0.6) is 0 Å². The average molecular weight is 286 g/mol. The second kappa shape index (κ2) is 6.04. The lowest BCUT2D eigenvalue weighted by atomic mass is 10.2. The van der Waals surface area contributed by atoms with Gasteiger partial charge in [0.1, 0.15) is 11.5 Å². The third-order valence-corrected chi connectivity index (χ3v) is 2.71. The van der Waals surface area contributed by atoms with Crippen LogP contribution in [0.15, 0.2) is 62.8 Å². The standard InChI is InChI=1S/C15H11FN2O3/c16-13-5-2-1-4-11(13)9-17-20-10-12-8-15(21-18-12)14-6-3-7-19-14/h1-9H,10H2/b17-9-. The summed E-state index contributed by atoms with van der Waals surface area (Å²) in [4.78, 5) is 5.06. The Kier molecular flexibility index (Phi) is 3.77. The number of benzene rings is 1. The molecule has 0 fully saturated rings. The summed E-state index contributed by atoms with van der Waals surface area (Å²) in [7, 11) is 0. The lowest BCUT2D eigenvalue weighted by Crippen LogP contribution is -1.90. The molecule has 0 saturated heterocycles. The first-order chi connectivity index (χ1) is 10.3. The van der Waals surface area contributed by atoms with Gasteiger partial charge in [0.05, 0.1) is 12.5 Å². The van der Waals surface area contributed by atoms with Gasteiger partial charge in [0.2, 0.25) is 5.76 Å². The molecule has 0 atom stereocenters. The van der Waals surface area contributed by atoms with Crippen molar-refractivity contribution >= 4 is 6.21 Å². The molecule has 0 radical (unpaired) electrons. The van der Waals surface area contributed by atoms with Crippen LogP contribution in [0.2, 0.25) is 0 Å². The van der Waals surface area contributed by atoms with Gasteiger partial charge in [-0.3, -0.25) is 0 Å². The molecule has 0 saturated carbocycles. The van der Waals surface area contributed by atoms with Crippen LogP contribution in [0.25, 0.3) is 11.5 Å². The van der Waals surface area contributed by atoms with Gasteiger partial charge in [-0.05, 0) is 18.2 Å². The predicted octanol–water partition coefficient (Wildman–Crippen LogP) is 3.62. The molecule has 3 rings (SSSR count). The summed E-state index contributed by atoms with van der Waals surface area (Å²) < 4.78 is 23.6. The highest BCUT2D eigenvalue weighted by Gasteiger charge is 2.09. The number of aromatic nitrogens is 1. The molecule has 5 nitrogen and oxygen atoms in total. The van der Waals surface area contributed by atoms with Gasteiger partial charge in [-0.25, -0.2) is 4.39 Å². The van der Waals surface area contributed by atoms with Gasteiger partial charge in [-0.1, -0.05) is 28.5 Å². The molecule has 6 heteroatoms. The van der Waals surface area contributed by atoms with Gasteiger partial charge in [0.15, 0.2) is 12.4 Å². The zero-order valence-corrected chi connectivity index (χ0v) is 10.9. The molecule has 3 aromatic rings. The number of hydrogen-bond acceptors (Lipinski definition) is 5. The van der Waals surface area contributed by atoms with Crippen molar-refractivity contribution in [3.8, 4) is 11.5 Å². The van der Waals surface area contributed by atoms with E-state index in [1.807, 2.05) is 0 Å². The number of rotatable bonds is 5. The molecule has 0 aliphatic rings. The Bertz CT molecular complexity index is 735. The van der Waals surface area contributed by atoms with Gasteiger partial charge in [0.25, 0.3) is 0 Å². The summed E-state index contributed by atoms with van der Waals surface area (Å²) in [6.45, 7) is 0.120. The van der Waals surface area contributed by atoms with Crippen molar-refractivity contribution in [3.05, 3.63) is 65.8 Å².